The summed E-state index contributed by atoms with van der Waals surface area (Å²) in [5.74, 6) is 0. The molecule has 0 spiro atoms. The zero-order chi connectivity index (χ0) is 16.3. The van der Waals surface area contributed by atoms with Gasteiger partial charge in [-0.1, -0.05) is 57.0 Å². The van der Waals surface area contributed by atoms with Crippen molar-refractivity contribution in [2.24, 2.45) is 5.41 Å². The Bertz CT molecular complexity index is 352. The molecule has 0 saturated heterocycles. The van der Waals surface area contributed by atoms with Gasteiger partial charge in [0.05, 0.1) is 12.7 Å². The highest BCUT2D eigenvalue weighted by Gasteiger charge is 2.35. The smallest absolute Gasteiger partial charge is 0.324 e. The molecule has 0 radical (unpaired) electrons. The first-order valence-corrected chi connectivity index (χ1v) is 8.34. The third kappa shape index (κ3) is 7.32. The molecule has 2 unspecified atom stereocenters. The van der Waals surface area contributed by atoms with Crippen molar-refractivity contribution in [3.63, 3.8) is 0 Å². The van der Waals surface area contributed by atoms with Gasteiger partial charge < -0.3 is 24.9 Å². The Balaban J connectivity index is 0.000000885. The number of rotatable bonds is 7. The molecule has 6 heteroatoms. The highest BCUT2D eigenvalue weighted by molar-refractivity contribution is 7.38. The van der Waals surface area contributed by atoms with Gasteiger partial charge in [-0.3, -0.25) is 0 Å². The van der Waals surface area contributed by atoms with Crippen molar-refractivity contribution in [2.75, 3.05) is 6.61 Å². The van der Waals surface area contributed by atoms with Gasteiger partial charge in [0.15, 0.2) is 0 Å². The first kappa shape index (κ1) is 20.5. The van der Waals surface area contributed by atoms with Crippen molar-refractivity contribution in [3.05, 3.63) is 35.9 Å². The molecule has 1 aromatic carbocycles. The molecule has 0 saturated carbocycles. The Hall–Kier alpha value is -0.550. The van der Waals surface area contributed by atoms with Crippen LogP contribution < -0.4 is 0 Å². The number of hydrogen-bond donors (Lipinski definition) is 5. The van der Waals surface area contributed by atoms with E-state index < -0.39 is 20.1 Å². The van der Waals surface area contributed by atoms with E-state index in [1.807, 2.05) is 37.3 Å². The van der Waals surface area contributed by atoms with Crippen LogP contribution in [0.5, 0.6) is 0 Å². The Morgan fingerprint density at radius 3 is 2.00 bits per heavy atom. The highest BCUT2D eigenvalue weighted by Crippen LogP contribution is 2.41. The zero-order valence-corrected chi connectivity index (χ0v) is 13.6. The predicted molar refractivity (Wildman–Crippen MR) is 84.3 cm³/mol. The van der Waals surface area contributed by atoms with E-state index in [2.05, 4.69) is 6.92 Å². The number of hydrogen-bond acceptors (Lipinski definition) is 5. The molecule has 5 nitrogen and oxygen atoms in total. The van der Waals surface area contributed by atoms with Gasteiger partial charge in [-0.05, 0) is 18.4 Å². The van der Waals surface area contributed by atoms with Crippen LogP contribution in [-0.2, 0) is 0 Å². The molecule has 21 heavy (non-hydrogen) atoms. The topological polar surface area (TPSA) is 101 Å². The SMILES string of the molecule is CCCCC(CC)(CO)C(O)c1ccccc1.OP(O)O. The molecule has 0 heterocycles. The van der Waals surface area contributed by atoms with Crippen molar-refractivity contribution < 1.29 is 24.9 Å². The summed E-state index contributed by atoms with van der Waals surface area (Å²) in [6, 6.07) is 9.65. The molecule has 0 aromatic heterocycles. The summed E-state index contributed by atoms with van der Waals surface area (Å²) in [4.78, 5) is 21.7. The van der Waals surface area contributed by atoms with Gasteiger partial charge in [0.1, 0.15) is 0 Å². The monoisotopic (exact) mass is 318 g/mol. The average molecular weight is 318 g/mol. The summed E-state index contributed by atoms with van der Waals surface area (Å²) in [7, 11) is -2.62. The maximum Gasteiger partial charge on any atom is 0.324 e. The largest absolute Gasteiger partial charge is 0.396 e. The minimum atomic E-state index is -2.62. The highest BCUT2D eigenvalue weighted by atomic mass is 31.2. The summed E-state index contributed by atoms with van der Waals surface area (Å²) < 4.78 is 0. The maximum atomic E-state index is 10.5. The molecule has 122 valence electrons. The maximum absolute atomic E-state index is 10.5. The van der Waals surface area contributed by atoms with Crippen molar-refractivity contribution in [3.8, 4) is 0 Å². The van der Waals surface area contributed by atoms with E-state index in [1.165, 1.54) is 0 Å². The van der Waals surface area contributed by atoms with Crippen LogP contribution in [0.3, 0.4) is 0 Å². The second-order valence-electron chi connectivity index (χ2n) is 5.06. The van der Waals surface area contributed by atoms with Crippen LogP contribution in [0.25, 0.3) is 0 Å². The van der Waals surface area contributed by atoms with E-state index in [1.54, 1.807) is 0 Å². The van der Waals surface area contributed by atoms with Gasteiger partial charge in [-0.15, -0.1) is 0 Å². The zero-order valence-electron chi connectivity index (χ0n) is 12.7. The molecule has 0 aliphatic rings. The fourth-order valence-electron chi connectivity index (χ4n) is 2.30. The van der Waals surface area contributed by atoms with E-state index in [-0.39, 0.29) is 6.61 Å². The Kier molecular flexibility index (Phi) is 10.8. The molecule has 0 aliphatic carbocycles. The van der Waals surface area contributed by atoms with E-state index in [4.69, 9.17) is 14.7 Å². The lowest BCUT2D eigenvalue weighted by Crippen LogP contribution is -2.32. The molecule has 0 bridgehead atoms. The third-order valence-electron chi connectivity index (χ3n) is 3.74. The molecule has 0 aliphatic heterocycles. The van der Waals surface area contributed by atoms with Crippen LogP contribution in [-0.4, -0.2) is 31.5 Å². The molecular formula is C15H27O5P. The molecular weight excluding hydrogens is 291 g/mol. The lowest BCUT2D eigenvalue weighted by molar-refractivity contribution is -0.0303. The normalized spacial score (nSPS) is 15.0. The van der Waals surface area contributed by atoms with Crippen molar-refractivity contribution in [1.82, 2.24) is 0 Å². The van der Waals surface area contributed by atoms with E-state index in [0.717, 1.165) is 31.2 Å². The Labute approximate surface area is 127 Å². The average Bonchev–Trinajstić information content (AvgIpc) is 2.49. The van der Waals surface area contributed by atoms with Gasteiger partial charge >= 0.3 is 8.60 Å². The van der Waals surface area contributed by atoms with Crippen molar-refractivity contribution in [1.29, 1.82) is 0 Å². The first-order valence-electron chi connectivity index (χ1n) is 7.14. The molecule has 5 N–H and O–H groups in total. The summed E-state index contributed by atoms with van der Waals surface area (Å²) in [5, 5.41) is 20.2. The van der Waals surface area contributed by atoms with Crippen LogP contribution in [0.15, 0.2) is 30.3 Å². The molecule has 1 aromatic rings. The van der Waals surface area contributed by atoms with Crippen LogP contribution in [0, 0.1) is 5.41 Å². The molecule has 0 fully saturated rings. The number of unbranched alkanes of at least 4 members (excludes halogenated alkanes) is 1. The van der Waals surface area contributed by atoms with Crippen LogP contribution in [0.2, 0.25) is 0 Å². The number of aliphatic hydroxyl groups excluding tert-OH is 2. The van der Waals surface area contributed by atoms with Gasteiger partial charge in [0.25, 0.3) is 0 Å². The van der Waals surface area contributed by atoms with E-state index >= 15 is 0 Å². The summed E-state index contributed by atoms with van der Waals surface area (Å²) in [6.07, 6.45) is 3.21. The summed E-state index contributed by atoms with van der Waals surface area (Å²) in [6.45, 7) is 4.21. The third-order valence-corrected chi connectivity index (χ3v) is 3.74. The van der Waals surface area contributed by atoms with Crippen LogP contribution in [0.1, 0.15) is 51.2 Å². The van der Waals surface area contributed by atoms with Crippen molar-refractivity contribution in [2.45, 2.75) is 45.6 Å². The molecule has 0 amide bonds. The van der Waals surface area contributed by atoms with Crippen LogP contribution >= 0.6 is 8.60 Å². The Morgan fingerprint density at radius 1 is 1.10 bits per heavy atom. The van der Waals surface area contributed by atoms with Gasteiger partial charge in [-0.25, -0.2) is 0 Å². The second kappa shape index (κ2) is 11.1. The summed E-state index contributed by atoms with van der Waals surface area (Å²) in [5.41, 5.74) is 0.511. The standard InChI is InChI=1S/C15H24O2.H3O3P/c1-3-5-11-15(4-2,12-16)14(17)13-9-7-6-8-10-13;1-4(2)3/h6-10,14,16-17H,3-5,11-12H2,1-2H3;1-3H. The van der Waals surface area contributed by atoms with E-state index in [9.17, 15) is 10.2 Å². The summed E-state index contributed by atoms with van der Waals surface area (Å²) >= 11 is 0. The fraction of sp³-hybridized carbons (Fsp3) is 0.600. The number of benzene rings is 1. The predicted octanol–water partition coefficient (Wildman–Crippen LogP) is 2.49. The lowest BCUT2D eigenvalue weighted by atomic mass is 9.73. The minimum absolute atomic E-state index is 0.0412. The first-order chi connectivity index (χ1) is 9.93. The van der Waals surface area contributed by atoms with Gasteiger partial charge in [-0.2, -0.15) is 0 Å². The molecule has 2 atom stereocenters. The van der Waals surface area contributed by atoms with Crippen LogP contribution in [0.4, 0.5) is 0 Å². The number of aliphatic hydroxyl groups is 2. The quantitative estimate of drug-likeness (QED) is 0.497. The second-order valence-corrected chi connectivity index (χ2v) is 5.60. The lowest BCUT2D eigenvalue weighted by Gasteiger charge is -2.36. The fourth-order valence-corrected chi connectivity index (χ4v) is 2.30. The van der Waals surface area contributed by atoms with E-state index in [0.29, 0.717) is 0 Å². The van der Waals surface area contributed by atoms with Gasteiger partial charge in [0, 0.05) is 5.41 Å². The molecule has 1 rings (SSSR count). The van der Waals surface area contributed by atoms with Gasteiger partial charge in [0.2, 0.25) is 0 Å². The minimum Gasteiger partial charge on any atom is -0.396 e. The Morgan fingerprint density at radius 2 is 1.62 bits per heavy atom. The van der Waals surface area contributed by atoms with Crippen molar-refractivity contribution >= 4 is 8.60 Å².